The van der Waals surface area contributed by atoms with Gasteiger partial charge < -0.3 is 4.74 Å². The van der Waals surface area contributed by atoms with Gasteiger partial charge >= 0.3 is 59.2 Å². The number of unbranched alkanes of at least 4 members (excludes halogenated alkanes) is 2. The van der Waals surface area contributed by atoms with E-state index in [2.05, 4.69) is 0 Å². The summed E-state index contributed by atoms with van der Waals surface area (Å²) in [7, 11) is 0. The predicted octanol–water partition coefficient (Wildman–Crippen LogP) is 15.7. The fraction of sp³-hybridized carbons (Fsp3) is 0.429. The number of hydrogen-bond acceptors (Lipinski definition) is 1. The Labute approximate surface area is 346 Å². The molecule has 0 aromatic heterocycles. The quantitative estimate of drug-likeness (QED) is 0.0803. The Morgan fingerprint density at radius 3 is 0.873 bits per heavy atom. The normalized spacial score (nSPS) is 14.3. The molecule has 0 unspecified atom stereocenters. The molecule has 0 amide bonds. The lowest BCUT2D eigenvalue weighted by Crippen LogP contribution is -2.65. The summed E-state index contributed by atoms with van der Waals surface area (Å²) in [5.41, 5.74) is -8.24. The molecule has 0 atom stereocenters. The van der Waals surface area contributed by atoms with Crippen LogP contribution in [0.2, 0.25) is 0 Å². The SMILES string of the molecule is CCCCc1cccc(C(F)(F)C(F)(F)C(F)(F)C(F)(F)C(F)(F)c2ccc(Oc3ccc(C(F)(F)C(F)(F)C(F)(F)C(F)(F)C(F)(F)c4cccc(CCCC)c4)cc3)cc2)c1. The number of rotatable bonds is 20. The van der Waals surface area contributed by atoms with Crippen molar-refractivity contribution in [2.75, 3.05) is 0 Å². The molecule has 21 heteroatoms. The molecule has 1 nitrogen and oxygen atoms in total. The van der Waals surface area contributed by atoms with Gasteiger partial charge in [-0.15, -0.1) is 0 Å². The largest absolute Gasteiger partial charge is 0.457 e. The summed E-state index contributed by atoms with van der Waals surface area (Å²) >= 11 is 0. The van der Waals surface area contributed by atoms with Crippen LogP contribution in [0.15, 0.2) is 97.1 Å². The Hall–Kier alpha value is -4.72. The second-order valence-corrected chi connectivity index (χ2v) is 14.5. The van der Waals surface area contributed by atoms with Gasteiger partial charge in [-0.25, -0.2) is 0 Å². The molecule has 63 heavy (non-hydrogen) atoms. The van der Waals surface area contributed by atoms with E-state index in [0.29, 0.717) is 37.8 Å². The molecule has 0 aliphatic carbocycles. The van der Waals surface area contributed by atoms with Crippen molar-refractivity contribution in [1.82, 2.24) is 0 Å². The van der Waals surface area contributed by atoms with Crippen LogP contribution in [0.1, 0.15) is 72.9 Å². The summed E-state index contributed by atoms with van der Waals surface area (Å²) in [6.45, 7) is 3.32. The van der Waals surface area contributed by atoms with Gasteiger partial charge in [0.15, 0.2) is 0 Å². The highest BCUT2D eigenvalue weighted by Gasteiger charge is 2.88. The van der Waals surface area contributed by atoms with E-state index in [1.165, 1.54) is 0 Å². The molecular weight excluding hydrogens is 900 g/mol. The summed E-state index contributed by atoms with van der Waals surface area (Å²) in [6, 6.07) is 5.39. The molecule has 0 aliphatic rings. The maximum atomic E-state index is 15.0. The van der Waals surface area contributed by atoms with Crippen LogP contribution >= 0.6 is 0 Å². The predicted molar refractivity (Wildman–Crippen MR) is 188 cm³/mol. The minimum atomic E-state index is -7.46. The van der Waals surface area contributed by atoms with Crippen LogP contribution in [-0.2, 0) is 36.5 Å². The average molecular weight is 935 g/mol. The van der Waals surface area contributed by atoms with E-state index in [1.807, 2.05) is 0 Å². The zero-order valence-electron chi connectivity index (χ0n) is 32.4. The lowest BCUT2D eigenvalue weighted by molar-refractivity contribution is -0.407. The molecule has 4 aromatic carbocycles. The van der Waals surface area contributed by atoms with Gasteiger partial charge in [-0.3, -0.25) is 0 Å². The second-order valence-electron chi connectivity index (χ2n) is 14.5. The number of hydrogen-bond donors (Lipinski definition) is 0. The molecule has 4 rings (SSSR count). The van der Waals surface area contributed by atoms with Crippen LogP contribution in [-0.4, -0.2) is 35.5 Å². The van der Waals surface area contributed by atoms with Crippen LogP contribution in [0.5, 0.6) is 11.5 Å². The van der Waals surface area contributed by atoms with Gasteiger partial charge in [0.25, 0.3) is 0 Å². The van der Waals surface area contributed by atoms with E-state index < -0.39 is 93.0 Å². The van der Waals surface area contributed by atoms with Gasteiger partial charge in [-0.1, -0.05) is 63.1 Å². The maximum Gasteiger partial charge on any atom is 0.385 e. The highest BCUT2D eigenvalue weighted by Crippen LogP contribution is 2.63. The van der Waals surface area contributed by atoms with E-state index in [0.717, 1.165) is 24.3 Å². The van der Waals surface area contributed by atoms with Crippen LogP contribution in [0.4, 0.5) is 87.8 Å². The summed E-state index contributed by atoms with van der Waals surface area (Å²) in [6.07, 6.45) is 1.58. The Morgan fingerprint density at radius 2 is 0.603 bits per heavy atom. The fourth-order valence-corrected chi connectivity index (χ4v) is 6.11. The standard InChI is InChI=1S/C42H34F20O/c1-3-5-9-25-11-7-13-29(23-25)35(47,48)39(55,56)41(59,60)37(51,52)33(43,44)27-15-19-31(20-16-27)63-32-21-17-28(18-22-32)34(45,46)38(53,54)42(61,62)40(57,58)36(49,50)30-14-8-12-26(24-30)10-6-4-2/h7-8,11-24H,3-6,9-10H2,1-2H3. The van der Waals surface area contributed by atoms with Crippen molar-refractivity contribution in [2.45, 2.75) is 112 Å². The molecule has 0 saturated carbocycles. The number of benzene rings is 4. The van der Waals surface area contributed by atoms with Crippen LogP contribution < -0.4 is 4.74 Å². The van der Waals surface area contributed by atoms with E-state index in [1.54, 1.807) is 13.8 Å². The molecule has 0 saturated heterocycles. The van der Waals surface area contributed by atoms with Gasteiger partial charge in [-0.05, 0) is 97.5 Å². The average Bonchev–Trinajstić information content (AvgIpc) is 3.22. The van der Waals surface area contributed by atoms with Crippen molar-refractivity contribution < 1.29 is 92.5 Å². The van der Waals surface area contributed by atoms with Crippen molar-refractivity contribution in [3.63, 3.8) is 0 Å². The lowest BCUT2D eigenvalue weighted by atomic mass is 9.88. The van der Waals surface area contributed by atoms with E-state index in [9.17, 15) is 70.2 Å². The Morgan fingerprint density at radius 1 is 0.333 bits per heavy atom. The minimum absolute atomic E-state index is 0.0106. The van der Waals surface area contributed by atoms with E-state index in [4.69, 9.17) is 4.74 Å². The molecule has 0 bridgehead atoms. The first-order chi connectivity index (χ1) is 28.7. The van der Waals surface area contributed by atoms with Gasteiger partial charge in [0, 0.05) is 22.3 Å². The third-order valence-corrected chi connectivity index (χ3v) is 10.0. The highest BCUT2D eigenvalue weighted by atomic mass is 19.4. The molecule has 4 aromatic rings. The van der Waals surface area contributed by atoms with Crippen molar-refractivity contribution >= 4 is 0 Å². The number of alkyl halides is 20. The molecule has 0 aliphatic heterocycles. The Kier molecular flexibility index (Phi) is 14.0. The van der Waals surface area contributed by atoms with Crippen molar-refractivity contribution in [3.05, 3.63) is 130 Å². The summed E-state index contributed by atoms with van der Waals surface area (Å²) < 4.78 is 303. The summed E-state index contributed by atoms with van der Waals surface area (Å²) in [5, 5.41) is 0. The molecule has 0 fully saturated rings. The lowest BCUT2D eigenvalue weighted by Gasteiger charge is -2.39. The van der Waals surface area contributed by atoms with Crippen LogP contribution in [0.3, 0.4) is 0 Å². The Bertz CT molecular complexity index is 2010. The zero-order chi connectivity index (χ0) is 47.9. The zero-order valence-corrected chi connectivity index (χ0v) is 32.4. The first-order valence-electron chi connectivity index (χ1n) is 18.6. The highest BCUT2D eigenvalue weighted by molar-refractivity contribution is 5.39. The number of halogens is 20. The van der Waals surface area contributed by atoms with Crippen molar-refractivity contribution in [1.29, 1.82) is 0 Å². The van der Waals surface area contributed by atoms with Crippen LogP contribution in [0, 0.1) is 0 Å². The van der Waals surface area contributed by atoms with Gasteiger partial charge in [0.05, 0.1) is 0 Å². The van der Waals surface area contributed by atoms with Gasteiger partial charge in [0.1, 0.15) is 11.5 Å². The molecule has 0 N–H and O–H groups in total. The third-order valence-electron chi connectivity index (χ3n) is 10.0. The van der Waals surface area contributed by atoms with Gasteiger partial charge in [0.2, 0.25) is 0 Å². The molecule has 0 heterocycles. The minimum Gasteiger partial charge on any atom is -0.457 e. The summed E-state index contributed by atoms with van der Waals surface area (Å²) in [5.74, 6) is -70.2. The molecule has 0 radical (unpaired) electrons. The first-order valence-corrected chi connectivity index (χ1v) is 18.6. The third kappa shape index (κ3) is 8.53. The number of aryl methyl sites for hydroxylation is 2. The van der Waals surface area contributed by atoms with Crippen LogP contribution in [0.25, 0.3) is 0 Å². The van der Waals surface area contributed by atoms with E-state index in [-0.39, 0.29) is 84.6 Å². The van der Waals surface area contributed by atoms with Crippen molar-refractivity contribution in [2.24, 2.45) is 0 Å². The Balaban J connectivity index is 1.55. The molecular formula is C42H34F20O. The second kappa shape index (κ2) is 17.3. The monoisotopic (exact) mass is 934 g/mol. The van der Waals surface area contributed by atoms with Crippen molar-refractivity contribution in [3.8, 4) is 11.5 Å². The maximum absolute atomic E-state index is 15.0. The van der Waals surface area contributed by atoms with E-state index >= 15 is 17.6 Å². The molecule has 0 spiro atoms. The smallest absolute Gasteiger partial charge is 0.385 e. The fourth-order valence-electron chi connectivity index (χ4n) is 6.11. The number of ether oxygens (including phenoxy) is 1. The van der Waals surface area contributed by atoms with Gasteiger partial charge in [-0.2, -0.15) is 87.8 Å². The molecule has 348 valence electrons. The topological polar surface area (TPSA) is 9.23 Å². The first kappa shape index (κ1) is 50.9. The summed E-state index contributed by atoms with van der Waals surface area (Å²) in [4.78, 5) is 0.